The van der Waals surface area contributed by atoms with E-state index in [9.17, 15) is 9.90 Å². The van der Waals surface area contributed by atoms with E-state index < -0.39 is 0 Å². The molecule has 2 rings (SSSR count). The number of hydrogen-bond donors (Lipinski definition) is 2. The van der Waals surface area contributed by atoms with E-state index in [0.717, 1.165) is 5.56 Å². The summed E-state index contributed by atoms with van der Waals surface area (Å²) < 4.78 is 0. The predicted octanol–water partition coefficient (Wildman–Crippen LogP) is 1.75. The van der Waals surface area contributed by atoms with Crippen LogP contribution in [0, 0.1) is 0 Å². The second-order valence-corrected chi connectivity index (χ2v) is 2.95. The van der Waals surface area contributed by atoms with Gasteiger partial charge in [-0.3, -0.25) is 4.79 Å². The Morgan fingerprint density at radius 3 is 2.43 bits per heavy atom. The van der Waals surface area contributed by atoms with Crippen molar-refractivity contribution >= 4 is 0 Å². The average molecular weight is 187 g/mol. The van der Waals surface area contributed by atoms with E-state index in [4.69, 9.17) is 0 Å². The quantitative estimate of drug-likeness (QED) is 0.714. The lowest BCUT2D eigenvalue weighted by Gasteiger charge is -2.02. The molecule has 1 aromatic carbocycles. The number of hydrogen-bond acceptors (Lipinski definition) is 2. The highest BCUT2D eigenvalue weighted by molar-refractivity contribution is 5.65. The molecule has 0 saturated heterocycles. The molecule has 14 heavy (non-hydrogen) atoms. The fourth-order valence-corrected chi connectivity index (χ4v) is 1.29. The Hall–Kier alpha value is -2.03. The number of aromatic nitrogens is 1. The standard InChI is InChI=1S/C11H9NO2/c13-9-6-7-10(14)12-11(9)8-4-2-1-3-5-8/h1-7,13H,(H,12,14). The van der Waals surface area contributed by atoms with Crippen LogP contribution in [0.4, 0.5) is 0 Å². The van der Waals surface area contributed by atoms with E-state index in [0.29, 0.717) is 5.69 Å². The largest absolute Gasteiger partial charge is 0.506 e. The third kappa shape index (κ3) is 1.52. The molecule has 0 spiro atoms. The number of nitrogens with one attached hydrogen (secondary N) is 1. The highest BCUT2D eigenvalue weighted by atomic mass is 16.3. The first-order valence-corrected chi connectivity index (χ1v) is 4.25. The van der Waals surface area contributed by atoms with Crippen molar-refractivity contribution in [2.24, 2.45) is 0 Å². The number of benzene rings is 1. The Balaban J connectivity index is 2.62. The Bertz CT molecular complexity index is 488. The zero-order valence-electron chi connectivity index (χ0n) is 7.40. The predicted molar refractivity (Wildman–Crippen MR) is 54.2 cm³/mol. The van der Waals surface area contributed by atoms with E-state index in [2.05, 4.69) is 4.98 Å². The molecule has 0 radical (unpaired) electrons. The molecule has 0 amide bonds. The van der Waals surface area contributed by atoms with Crippen LogP contribution in [0.1, 0.15) is 0 Å². The van der Waals surface area contributed by atoms with Gasteiger partial charge in [0.15, 0.2) is 0 Å². The summed E-state index contributed by atoms with van der Waals surface area (Å²) in [6.07, 6.45) is 0. The van der Waals surface area contributed by atoms with Crippen LogP contribution in [0.15, 0.2) is 47.3 Å². The van der Waals surface area contributed by atoms with Crippen molar-refractivity contribution in [3.8, 4) is 17.0 Å². The molecule has 0 aliphatic carbocycles. The summed E-state index contributed by atoms with van der Waals surface area (Å²) in [5.41, 5.74) is 1.03. The van der Waals surface area contributed by atoms with Gasteiger partial charge in [-0.25, -0.2) is 0 Å². The summed E-state index contributed by atoms with van der Waals surface area (Å²) in [6.45, 7) is 0. The second-order valence-electron chi connectivity index (χ2n) is 2.95. The molecule has 3 nitrogen and oxygen atoms in total. The van der Waals surface area contributed by atoms with Crippen molar-refractivity contribution in [3.05, 3.63) is 52.8 Å². The maximum atomic E-state index is 11.0. The number of aromatic hydroxyl groups is 1. The fourth-order valence-electron chi connectivity index (χ4n) is 1.29. The summed E-state index contributed by atoms with van der Waals surface area (Å²) in [6, 6.07) is 11.9. The molecule has 0 bridgehead atoms. The zero-order chi connectivity index (χ0) is 9.97. The average Bonchev–Trinajstić information content (AvgIpc) is 2.23. The van der Waals surface area contributed by atoms with Gasteiger partial charge < -0.3 is 10.1 Å². The van der Waals surface area contributed by atoms with Crippen LogP contribution in [0.3, 0.4) is 0 Å². The smallest absolute Gasteiger partial charge is 0.248 e. The van der Waals surface area contributed by atoms with Crippen LogP contribution in [0.25, 0.3) is 11.3 Å². The molecule has 0 aliphatic heterocycles. The van der Waals surface area contributed by atoms with E-state index >= 15 is 0 Å². The molecule has 1 heterocycles. The maximum absolute atomic E-state index is 11.0. The van der Waals surface area contributed by atoms with Crippen LogP contribution in [-0.2, 0) is 0 Å². The number of H-pyrrole nitrogens is 1. The number of aromatic amines is 1. The van der Waals surface area contributed by atoms with Gasteiger partial charge >= 0.3 is 0 Å². The molecular weight excluding hydrogens is 178 g/mol. The summed E-state index contributed by atoms with van der Waals surface area (Å²) >= 11 is 0. The summed E-state index contributed by atoms with van der Waals surface area (Å²) in [4.78, 5) is 13.6. The minimum Gasteiger partial charge on any atom is -0.506 e. The lowest BCUT2D eigenvalue weighted by atomic mass is 10.1. The molecule has 2 N–H and O–H groups in total. The Kier molecular flexibility index (Phi) is 2.07. The van der Waals surface area contributed by atoms with Crippen molar-refractivity contribution in [2.45, 2.75) is 0 Å². The molecule has 0 atom stereocenters. The Morgan fingerprint density at radius 1 is 1.00 bits per heavy atom. The van der Waals surface area contributed by atoms with E-state index in [1.165, 1.54) is 12.1 Å². The van der Waals surface area contributed by atoms with Crippen LogP contribution < -0.4 is 5.56 Å². The molecule has 0 saturated carbocycles. The van der Waals surface area contributed by atoms with Gasteiger partial charge in [-0.15, -0.1) is 0 Å². The molecule has 1 aromatic heterocycles. The van der Waals surface area contributed by atoms with E-state index in [1.807, 2.05) is 30.3 Å². The molecule has 0 fully saturated rings. The van der Waals surface area contributed by atoms with Gasteiger partial charge in [-0.2, -0.15) is 0 Å². The van der Waals surface area contributed by atoms with Gasteiger partial charge in [-0.05, 0) is 6.07 Å². The minimum atomic E-state index is -0.221. The Labute approximate surface area is 80.7 Å². The monoisotopic (exact) mass is 187 g/mol. The molecule has 70 valence electrons. The second kappa shape index (κ2) is 3.38. The first kappa shape index (κ1) is 8.56. The molecular formula is C11H9NO2. The van der Waals surface area contributed by atoms with Gasteiger partial charge in [0, 0.05) is 11.6 Å². The minimum absolute atomic E-state index is 0.0794. The Morgan fingerprint density at radius 2 is 1.71 bits per heavy atom. The van der Waals surface area contributed by atoms with Crippen molar-refractivity contribution < 1.29 is 5.11 Å². The lowest BCUT2D eigenvalue weighted by Crippen LogP contribution is -2.03. The fraction of sp³-hybridized carbons (Fsp3) is 0. The van der Waals surface area contributed by atoms with Gasteiger partial charge in [0.2, 0.25) is 5.56 Å². The number of pyridine rings is 1. The first-order chi connectivity index (χ1) is 6.77. The van der Waals surface area contributed by atoms with Crippen LogP contribution in [-0.4, -0.2) is 10.1 Å². The van der Waals surface area contributed by atoms with Gasteiger partial charge in [0.25, 0.3) is 0 Å². The molecule has 2 aromatic rings. The van der Waals surface area contributed by atoms with Crippen LogP contribution in [0.2, 0.25) is 0 Å². The number of rotatable bonds is 1. The normalized spacial score (nSPS) is 10.0. The summed E-state index contributed by atoms with van der Waals surface area (Å²) in [5, 5.41) is 9.52. The summed E-state index contributed by atoms with van der Waals surface area (Å²) in [7, 11) is 0. The van der Waals surface area contributed by atoms with Crippen LogP contribution in [0.5, 0.6) is 5.75 Å². The van der Waals surface area contributed by atoms with E-state index in [-0.39, 0.29) is 11.3 Å². The lowest BCUT2D eigenvalue weighted by molar-refractivity contribution is 0.474. The van der Waals surface area contributed by atoms with Crippen molar-refractivity contribution in [1.29, 1.82) is 0 Å². The SMILES string of the molecule is O=c1ccc(O)c(-c2ccccc2)[nH]1. The van der Waals surface area contributed by atoms with Gasteiger partial charge in [-0.1, -0.05) is 30.3 Å². The van der Waals surface area contributed by atoms with Crippen molar-refractivity contribution in [2.75, 3.05) is 0 Å². The van der Waals surface area contributed by atoms with Gasteiger partial charge in [0.1, 0.15) is 5.75 Å². The van der Waals surface area contributed by atoms with Gasteiger partial charge in [0.05, 0.1) is 5.69 Å². The topological polar surface area (TPSA) is 53.1 Å². The molecule has 3 heteroatoms. The van der Waals surface area contributed by atoms with E-state index in [1.54, 1.807) is 0 Å². The third-order valence-electron chi connectivity index (χ3n) is 1.96. The first-order valence-electron chi connectivity index (χ1n) is 4.25. The highest BCUT2D eigenvalue weighted by Gasteiger charge is 2.03. The zero-order valence-corrected chi connectivity index (χ0v) is 7.40. The van der Waals surface area contributed by atoms with Crippen molar-refractivity contribution in [1.82, 2.24) is 4.98 Å². The summed E-state index contributed by atoms with van der Waals surface area (Å²) in [5.74, 6) is 0.0794. The molecule has 0 aliphatic rings. The molecule has 0 unspecified atom stereocenters. The van der Waals surface area contributed by atoms with Crippen LogP contribution >= 0.6 is 0 Å². The highest BCUT2D eigenvalue weighted by Crippen LogP contribution is 2.24. The third-order valence-corrected chi connectivity index (χ3v) is 1.96. The maximum Gasteiger partial charge on any atom is 0.248 e. The van der Waals surface area contributed by atoms with Crippen molar-refractivity contribution in [3.63, 3.8) is 0 Å².